The normalized spacial score (nSPS) is 18.5. The van der Waals surface area contributed by atoms with E-state index >= 15 is 0 Å². The minimum atomic E-state index is -0.236. The molecule has 0 aromatic heterocycles. The maximum atomic E-state index is 11.5. The van der Waals surface area contributed by atoms with Crippen molar-refractivity contribution in [3.8, 4) is 12.3 Å². The molecule has 0 aromatic carbocycles. The van der Waals surface area contributed by atoms with Crippen LogP contribution in [-0.2, 0) is 4.79 Å². The number of carbonyl (C=O) groups is 1. The summed E-state index contributed by atoms with van der Waals surface area (Å²) >= 11 is 0. The highest BCUT2D eigenvalue weighted by Gasteiger charge is 2.35. The van der Waals surface area contributed by atoms with Crippen LogP contribution in [0.5, 0.6) is 0 Å². The van der Waals surface area contributed by atoms with E-state index in [1.165, 1.54) is 0 Å². The molecule has 0 radical (unpaired) electrons. The summed E-state index contributed by atoms with van der Waals surface area (Å²) in [6.45, 7) is 0.370. The van der Waals surface area contributed by atoms with E-state index in [0.29, 0.717) is 13.0 Å². The van der Waals surface area contributed by atoms with Crippen molar-refractivity contribution in [3.63, 3.8) is 0 Å². The van der Waals surface area contributed by atoms with E-state index in [9.17, 15) is 4.79 Å². The first kappa shape index (κ1) is 10.1. The zero-order valence-corrected chi connectivity index (χ0v) is 8.05. The Bertz CT molecular complexity index is 238. The first-order chi connectivity index (χ1) is 6.07. The van der Waals surface area contributed by atoms with Crippen molar-refractivity contribution < 1.29 is 4.79 Å². The van der Waals surface area contributed by atoms with Crippen LogP contribution in [0.1, 0.15) is 25.7 Å². The Hall–Kier alpha value is -1.01. The van der Waals surface area contributed by atoms with E-state index in [-0.39, 0.29) is 11.4 Å². The summed E-state index contributed by atoms with van der Waals surface area (Å²) in [5, 5.41) is 0. The van der Waals surface area contributed by atoms with Crippen LogP contribution in [0.4, 0.5) is 0 Å². The van der Waals surface area contributed by atoms with E-state index in [2.05, 4.69) is 5.92 Å². The van der Waals surface area contributed by atoms with Gasteiger partial charge in [-0.05, 0) is 19.3 Å². The van der Waals surface area contributed by atoms with Gasteiger partial charge < -0.3 is 10.6 Å². The first-order valence-corrected chi connectivity index (χ1v) is 4.54. The molecule has 3 nitrogen and oxygen atoms in total. The molecule has 0 unspecified atom stereocenters. The number of nitrogens with zero attached hydrogens (tertiary/aromatic N) is 1. The van der Waals surface area contributed by atoms with E-state index in [4.69, 9.17) is 12.2 Å². The van der Waals surface area contributed by atoms with Crippen LogP contribution >= 0.6 is 0 Å². The molecule has 0 heterocycles. The quantitative estimate of drug-likeness (QED) is 0.637. The van der Waals surface area contributed by atoms with Gasteiger partial charge in [0.25, 0.3) is 0 Å². The maximum absolute atomic E-state index is 11.5. The van der Waals surface area contributed by atoms with Crippen molar-refractivity contribution >= 4 is 5.91 Å². The molecule has 0 spiro atoms. The van der Waals surface area contributed by atoms with Gasteiger partial charge in [0.15, 0.2) is 0 Å². The largest absolute Gasteiger partial charge is 0.335 e. The fraction of sp³-hybridized carbons (Fsp3) is 0.700. The molecule has 1 rings (SSSR count). The maximum Gasteiger partial charge on any atom is 0.224 e. The number of carbonyl (C=O) groups excluding carboxylic acids is 1. The molecule has 1 saturated carbocycles. The van der Waals surface area contributed by atoms with Crippen LogP contribution in [0, 0.1) is 12.3 Å². The Labute approximate surface area is 79.3 Å². The van der Waals surface area contributed by atoms with Gasteiger partial charge in [0.1, 0.15) is 0 Å². The predicted octanol–water partition coefficient (Wildman–Crippen LogP) is 0.349. The summed E-state index contributed by atoms with van der Waals surface area (Å²) in [4.78, 5) is 13.0. The highest BCUT2D eigenvalue weighted by atomic mass is 16.2. The number of hydrogen-bond donors (Lipinski definition) is 1. The van der Waals surface area contributed by atoms with Gasteiger partial charge in [0.05, 0.1) is 6.54 Å². The van der Waals surface area contributed by atoms with Crippen molar-refractivity contribution in [2.45, 2.75) is 31.2 Å². The minimum Gasteiger partial charge on any atom is -0.335 e. The zero-order chi connectivity index (χ0) is 9.90. The molecule has 1 aliphatic carbocycles. The molecule has 1 fully saturated rings. The van der Waals surface area contributed by atoms with E-state index < -0.39 is 0 Å². The molecule has 0 bridgehead atoms. The monoisotopic (exact) mass is 180 g/mol. The summed E-state index contributed by atoms with van der Waals surface area (Å²) in [7, 11) is 1.71. The fourth-order valence-corrected chi connectivity index (χ4v) is 1.47. The Morgan fingerprint density at radius 2 is 2.31 bits per heavy atom. The number of hydrogen-bond acceptors (Lipinski definition) is 2. The number of terminal acetylenes is 1. The lowest BCUT2D eigenvalue weighted by molar-refractivity contribution is -0.131. The van der Waals surface area contributed by atoms with Crippen molar-refractivity contribution in [3.05, 3.63) is 0 Å². The second-order valence-corrected chi connectivity index (χ2v) is 3.85. The SMILES string of the molecule is C#CCN(C)C(=O)CC1(N)CCC1. The summed E-state index contributed by atoms with van der Waals surface area (Å²) in [5.74, 6) is 2.49. The van der Waals surface area contributed by atoms with Gasteiger partial charge in [0.2, 0.25) is 5.91 Å². The Morgan fingerprint density at radius 1 is 1.69 bits per heavy atom. The minimum absolute atomic E-state index is 0.0557. The molecule has 72 valence electrons. The van der Waals surface area contributed by atoms with E-state index in [0.717, 1.165) is 19.3 Å². The molecular weight excluding hydrogens is 164 g/mol. The van der Waals surface area contributed by atoms with Gasteiger partial charge >= 0.3 is 0 Å². The van der Waals surface area contributed by atoms with Gasteiger partial charge in [-0.25, -0.2) is 0 Å². The predicted molar refractivity (Wildman–Crippen MR) is 51.9 cm³/mol. The van der Waals surface area contributed by atoms with Gasteiger partial charge in [-0.2, -0.15) is 0 Å². The van der Waals surface area contributed by atoms with Gasteiger partial charge in [0, 0.05) is 19.0 Å². The second kappa shape index (κ2) is 3.80. The van der Waals surface area contributed by atoms with Crippen LogP contribution in [0.2, 0.25) is 0 Å². The highest BCUT2D eigenvalue weighted by Crippen LogP contribution is 2.32. The van der Waals surface area contributed by atoms with Crippen LogP contribution in [0.25, 0.3) is 0 Å². The van der Waals surface area contributed by atoms with Gasteiger partial charge in [-0.15, -0.1) is 6.42 Å². The van der Waals surface area contributed by atoms with Crippen LogP contribution in [0.3, 0.4) is 0 Å². The van der Waals surface area contributed by atoms with Crippen LogP contribution < -0.4 is 5.73 Å². The third-order valence-corrected chi connectivity index (χ3v) is 2.61. The highest BCUT2D eigenvalue weighted by molar-refractivity contribution is 5.77. The lowest BCUT2D eigenvalue weighted by Crippen LogP contribution is -2.50. The Balaban J connectivity index is 2.36. The standard InChI is InChI=1S/C10H16N2O/c1-3-7-12(2)9(13)8-10(11)5-4-6-10/h1H,4-8,11H2,2H3. The van der Waals surface area contributed by atoms with Crippen molar-refractivity contribution in [1.82, 2.24) is 4.90 Å². The number of nitrogens with two attached hydrogens (primary N) is 1. The lowest BCUT2D eigenvalue weighted by Gasteiger charge is -2.38. The van der Waals surface area contributed by atoms with Crippen molar-refractivity contribution in [1.29, 1.82) is 0 Å². The molecule has 13 heavy (non-hydrogen) atoms. The molecule has 0 atom stereocenters. The summed E-state index contributed by atoms with van der Waals surface area (Å²) in [5.41, 5.74) is 5.70. The Kier molecular flexibility index (Phi) is 2.94. The van der Waals surface area contributed by atoms with Gasteiger partial charge in [-0.3, -0.25) is 4.79 Å². The summed E-state index contributed by atoms with van der Waals surface area (Å²) in [6, 6.07) is 0. The van der Waals surface area contributed by atoms with Crippen molar-refractivity contribution in [2.75, 3.05) is 13.6 Å². The molecule has 0 aromatic rings. The molecule has 1 amide bonds. The third kappa shape index (κ3) is 2.46. The topological polar surface area (TPSA) is 46.3 Å². The zero-order valence-electron chi connectivity index (χ0n) is 8.05. The number of amides is 1. The lowest BCUT2D eigenvalue weighted by atomic mass is 9.75. The van der Waals surface area contributed by atoms with Crippen molar-refractivity contribution in [2.24, 2.45) is 5.73 Å². The smallest absolute Gasteiger partial charge is 0.224 e. The molecule has 0 saturated heterocycles. The first-order valence-electron chi connectivity index (χ1n) is 4.54. The molecule has 2 N–H and O–H groups in total. The van der Waals surface area contributed by atoms with E-state index in [1.54, 1.807) is 11.9 Å². The molecule has 1 aliphatic rings. The van der Waals surface area contributed by atoms with E-state index in [1.807, 2.05) is 0 Å². The average Bonchev–Trinajstić information content (AvgIpc) is 2.02. The third-order valence-electron chi connectivity index (χ3n) is 2.61. The molecule has 3 heteroatoms. The van der Waals surface area contributed by atoms with Crippen LogP contribution in [0.15, 0.2) is 0 Å². The fourth-order valence-electron chi connectivity index (χ4n) is 1.47. The van der Waals surface area contributed by atoms with Crippen LogP contribution in [-0.4, -0.2) is 29.9 Å². The number of rotatable bonds is 3. The summed E-state index contributed by atoms with van der Waals surface area (Å²) < 4.78 is 0. The van der Waals surface area contributed by atoms with Gasteiger partial charge in [-0.1, -0.05) is 5.92 Å². The second-order valence-electron chi connectivity index (χ2n) is 3.85. The Morgan fingerprint density at radius 3 is 2.69 bits per heavy atom. The molecular formula is C10H16N2O. The average molecular weight is 180 g/mol. The molecule has 0 aliphatic heterocycles. The summed E-state index contributed by atoms with van der Waals surface area (Å²) in [6.07, 6.45) is 8.60.